The number of para-hydroxylation sites is 1. The Morgan fingerprint density at radius 2 is 1.77 bits per heavy atom. The molecule has 0 heterocycles. The van der Waals surface area contributed by atoms with E-state index in [0.717, 1.165) is 0 Å². The van der Waals surface area contributed by atoms with E-state index >= 15 is 0 Å². The van der Waals surface area contributed by atoms with Crippen LogP contribution in [-0.2, 0) is 4.79 Å². The molecular weight excluding hydrogens is 306 g/mol. The molecular formula is C16H14ClNO4. The van der Waals surface area contributed by atoms with Crippen LogP contribution in [0, 0.1) is 0 Å². The molecule has 2 N–H and O–H groups in total. The molecule has 1 unspecified atom stereocenters. The molecule has 2 aromatic carbocycles. The summed E-state index contributed by atoms with van der Waals surface area (Å²) in [6, 6.07) is 12.7. The molecule has 6 heteroatoms. The predicted octanol–water partition coefficient (Wildman–Crippen LogP) is 3.44. The molecule has 1 amide bonds. The molecule has 0 aliphatic carbocycles. The zero-order chi connectivity index (χ0) is 16.1. The van der Waals surface area contributed by atoms with Gasteiger partial charge in [0.1, 0.15) is 5.75 Å². The van der Waals surface area contributed by atoms with Crippen LogP contribution < -0.4 is 10.1 Å². The van der Waals surface area contributed by atoms with Gasteiger partial charge in [0.05, 0.1) is 10.6 Å². The number of amides is 1. The molecule has 0 saturated carbocycles. The highest BCUT2D eigenvalue weighted by atomic mass is 35.5. The Morgan fingerprint density at radius 1 is 1.14 bits per heavy atom. The van der Waals surface area contributed by atoms with E-state index in [0.29, 0.717) is 16.5 Å². The van der Waals surface area contributed by atoms with Crippen LogP contribution in [0.25, 0.3) is 0 Å². The molecule has 0 aromatic heterocycles. The minimum Gasteiger partial charge on any atom is -0.479 e. The Hall–Kier alpha value is -2.53. The number of carbonyl (C=O) groups excluding carboxylic acids is 1. The first kappa shape index (κ1) is 15.9. The van der Waals surface area contributed by atoms with Crippen molar-refractivity contribution in [2.24, 2.45) is 0 Å². The van der Waals surface area contributed by atoms with E-state index in [9.17, 15) is 9.59 Å². The van der Waals surface area contributed by atoms with Crippen LogP contribution in [-0.4, -0.2) is 23.1 Å². The zero-order valence-corrected chi connectivity index (χ0v) is 12.5. The molecule has 114 valence electrons. The van der Waals surface area contributed by atoms with Crippen molar-refractivity contribution in [1.29, 1.82) is 0 Å². The first-order valence-electron chi connectivity index (χ1n) is 6.53. The highest BCUT2D eigenvalue weighted by Gasteiger charge is 2.16. The van der Waals surface area contributed by atoms with E-state index in [1.807, 2.05) is 0 Å². The lowest BCUT2D eigenvalue weighted by molar-refractivity contribution is -0.122. The number of hydrogen-bond acceptors (Lipinski definition) is 3. The van der Waals surface area contributed by atoms with Crippen molar-refractivity contribution in [3.05, 3.63) is 59.1 Å². The van der Waals surface area contributed by atoms with E-state index in [1.165, 1.54) is 24.3 Å². The maximum absolute atomic E-state index is 12.1. The summed E-state index contributed by atoms with van der Waals surface area (Å²) in [5.41, 5.74) is 0.642. The molecule has 5 nitrogen and oxygen atoms in total. The van der Waals surface area contributed by atoms with Gasteiger partial charge >= 0.3 is 5.97 Å². The smallest absolute Gasteiger partial charge is 0.335 e. The third-order valence-electron chi connectivity index (χ3n) is 2.91. The van der Waals surface area contributed by atoms with E-state index < -0.39 is 12.1 Å². The highest BCUT2D eigenvalue weighted by molar-refractivity contribution is 6.32. The van der Waals surface area contributed by atoms with Gasteiger partial charge in [0, 0.05) is 5.69 Å². The van der Waals surface area contributed by atoms with Gasteiger partial charge in [-0.25, -0.2) is 4.79 Å². The molecule has 0 aliphatic rings. The number of carboxylic acids is 1. The highest BCUT2D eigenvalue weighted by Crippen LogP contribution is 2.24. The predicted molar refractivity (Wildman–Crippen MR) is 83.6 cm³/mol. The molecule has 22 heavy (non-hydrogen) atoms. The Labute approximate surface area is 132 Å². The van der Waals surface area contributed by atoms with Gasteiger partial charge in [-0.15, -0.1) is 0 Å². The normalized spacial score (nSPS) is 11.5. The molecule has 0 aliphatic heterocycles. The van der Waals surface area contributed by atoms with Gasteiger partial charge in [-0.1, -0.05) is 23.7 Å². The quantitative estimate of drug-likeness (QED) is 0.885. The Bertz CT molecular complexity index is 685. The number of aromatic carboxylic acids is 1. The van der Waals surface area contributed by atoms with Crippen LogP contribution in [0.3, 0.4) is 0 Å². The van der Waals surface area contributed by atoms with Crippen molar-refractivity contribution in [3.63, 3.8) is 0 Å². The molecule has 0 spiro atoms. The van der Waals surface area contributed by atoms with E-state index in [1.54, 1.807) is 31.2 Å². The monoisotopic (exact) mass is 319 g/mol. The summed E-state index contributed by atoms with van der Waals surface area (Å²) in [6.07, 6.45) is -0.751. The van der Waals surface area contributed by atoms with E-state index in [2.05, 4.69) is 5.32 Å². The summed E-state index contributed by atoms with van der Waals surface area (Å²) >= 11 is 5.97. The number of nitrogens with one attached hydrogen (secondary N) is 1. The van der Waals surface area contributed by atoms with Crippen molar-refractivity contribution in [2.45, 2.75) is 13.0 Å². The fourth-order valence-corrected chi connectivity index (χ4v) is 1.90. The SMILES string of the molecule is CC(Oc1ccccc1Cl)C(=O)Nc1ccc(C(=O)O)cc1. The van der Waals surface area contributed by atoms with E-state index in [4.69, 9.17) is 21.4 Å². The lowest BCUT2D eigenvalue weighted by atomic mass is 10.2. The van der Waals surface area contributed by atoms with Gasteiger partial charge in [0.25, 0.3) is 5.91 Å². The van der Waals surface area contributed by atoms with Gasteiger partial charge in [0.15, 0.2) is 6.10 Å². The van der Waals surface area contributed by atoms with Gasteiger partial charge in [-0.3, -0.25) is 4.79 Å². The molecule has 0 radical (unpaired) electrons. The number of hydrogen-bond donors (Lipinski definition) is 2. The summed E-state index contributed by atoms with van der Waals surface area (Å²) < 4.78 is 5.50. The second-order valence-electron chi connectivity index (χ2n) is 4.56. The Kier molecular flexibility index (Phi) is 5.01. The van der Waals surface area contributed by atoms with Crippen molar-refractivity contribution in [2.75, 3.05) is 5.32 Å². The topological polar surface area (TPSA) is 75.6 Å². The van der Waals surface area contributed by atoms with Crippen LogP contribution >= 0.6 is 11.6 Å². The second kappa shape index (κ2) is 6.95. The first-order chi connectivity index (χ1) is 10.5. The van der Waals surface area contributed by atoms with Crippen molar-refractivity contribution in [3.8, 4) is 5.75 Å². The van der Waals surface area contributed by atoms with Gasteiger partial charge < -0.3 is 15.2 Å². The number of carbonyl (C=O) groups is 2. The number of halogens is 1. The fraction of sp³-hybridized carbons (Fsp3) is 0.125. The maximum Gasteiger partial charge on any atom is 0.335 e. The summed E-state index contributed by atoms with van der Waals surface area (Å²) in [5, 5.41) is 11.9. The number of rotatable bonds is 5. The van der Waals surface area contributed by atoms with Crippen LogP contribution in [0.2, 0.25) is 5.02 Å². The molecule has 0 bridgehead atoms. The van der Waals surface area contributed by atoms with Crippen LogP contribution in [0.15, 0.2) is 48.5 Å². The van der Waals surface area contributed by atoms with Crippen LogP contribution in [0.4, 0.5) is 5.69 Å². The number of benzene rings is 2. The molecule has 0 fully saturated rings. The van der Waals surface area contributed by atoms with Crippen LogP contribution in [0.5, 0.6) is 5.75 Å². The summed E-state index contributed by atoms with van der Waals surface area (Å²) in [5.74, 6) is -0.954. The largest absolute Gasteiger partial charge is 0.479 e. The average molecular weight is 320 g/mol. The lowest BCUT2D eigenvalue weighted by Gasteiger charge is -2.15. The Balaban J connectivity index is 1.99. The van der Waals surface area contributed by atoms with Crippen molar-refractivity contribution < 1.29 is 19.4 Å². The van der Waals surface area contributed by atoms with Gasteiger partial charge in [-0.05, 0) is 43.3 Å². The minimum absolute atomic E-state index is 0.151. The lowest BCUT2D eigenvalue weighted by Crippen LogP contribution is -2.30. The van der Waals surface area contributed by atoms with E-state index in [-0.39, 0.29) is 11.5 Å². The zero-order valence-electron chi connectivity index (χ0n) is 11.7. The molecule has 0 saturated heterocycles. The standard InChI is InChI=1S/C16H14ClNO4/c1-10(22-14-5-3-2-4-13(14)17)15(19)18-12-8-6-11(7-9-12)16(20)21/h2-10H,1H3,(H,18,19)(H,20,21). The van der Waals surface area contributed by atoms with Gasteiger partial charge in [-0.2, -0.15) is 0 Å². The van der Waals surface area contributed by atoms with Gasteiger partial charge in [0.2, 0.25) is 0 Å². The Morgan fingerprint density at radius 3 is 2.36 bits per heavy atom. The molecule has 2 aromatic rings. The first-order valence-corrected chi connectivity index (χ1v) is 6.90. The summed E-state index contributed by atoms with van der Waals surface area (Å²) in [7, 11) is 0. The molecule has 2 rings (SSSR count). The average Bonchev–Trinajstić information content (AvgIpc) is 2.50. The maximum atomic E-state index is 12.1. The summed E-state index contributed by atoms with van der Waals surface area (Å²) in [6.45, 7) is 1.60. The second-order valence-corrected chi connectivity index (χ2v) is 4.97. The number of carboxylic acid groups (broad SMARTS) is 1. The third-order valence-corrected chi connectivity index (χ3v) is 3.22. The fourth-order valence-electron chi connectivity index (χ4n) is 1.72. The minimum atomic E-state index is -1.02. The molecule has 1 atom stereocenters. The van der Waals surface area contributed by atoms with Crippen LogP contribution in [0.1, 0.15) is 17.3 Å². The van der Waals surface area contributed by atoms with Crippen molar-refractivity contribution >= 4 is 29.2 Å². The van der Waals surface area contributed by atoms with Crippen molar-refractivity contribution in [1.82, 2.24) is 0 Å². The number of anilines is 1. The third kappa shape index (κ3) is 3.99. The number of ether oxygens (including phenoxy) is 1. The summed E-state index contributed by atoms with van der Waals surface area (Å²) in [4.78, 5) is 22.8.